The molecule has 2 aromatic rings. The summed E-state index contributed by atoms with van der Waals surface area (Å²) in [5, 5.41) is 2.68. The van der Waals surface area contributed by atoms with Crippen LogP contribution >= 0.6 is 0 Å². The number of para-hydroxylation sites is 1. The first-order chi connectivity index (χ1) is 13.2. The van der Waals surface area contributed by atoms with Crippen molar-refractivity contribution in [3.63, 3.8) is 0 Å². The van der Waals surface area contributed by atoms with E-state index in [2.05, 4.69) is 5.32 Å². The molecule has 0 unspecified atom stereocenters. The predicted octanol–water partition coefficient (Wildman–Crippen LogP) is 2.97. The molecule has 0 fully saturated rings. The first-order valence-electron chi connectivity index (χ1n) is 8.74. The van der Waals surface area contributed by atoms with E-state index in [0.717, 1.165) is 11.8 Å². The normalized spacial score (nSPS) is 11.0. The van der Waals surface area contributed by atoms with Gasteiger partial charge in [-0.2, -0.15) is 0 Å². The molecule has 8 heteroatoms. The van der Waals surface area contributed by atoms with Gasteiger partial charge in [-0.25, -0.2) is 13.2 Å². The average Bonchev–Trinajstić information content (AvgIpc) is 2.64. The summed E-state index contributed by atoms with van der Waals surface area (Å²) < 4.78 is 30.3. The van der Waals surface area contributed by atoms with Gasteiger partial charge in [0.15, 0.2) is 0 Å². The maximum Gasteiger partial charge on any atom is 0.339 e. The minimum Gasteiger partial charge on any atom is -0.465 e. The molecule has 0 saturated heterocycles. The Morgan fingerprint density at radius 1 is 1.11 bits per heavy atom. The molecule has 7 nitrogen and oxygen atoms in total. The first kappa shape index (κ1) is 21.4. The van der Waals surface area contributed by atoms with Gasteiger partial charge in [0.1, 0.15) is 0 Å². The Bertz CT molecular complexity index is 957. The van der Waals surface area contributed by atoms with Crippen LogP contribution in [-0.4, -0.2) is 40.2 Å². The number of methoxy groups -OCH3 is 1. The molecule has 2 rings (SSSR count). The van der Waals surface area contributed by atoms with E-state index >= 15 is 0 Å². The smallest absolute Gasteiger partial charge is 0.339 e. The van der Waals surface area contributed by atoms with E-state index in [1.807, 2.05) is 13.0 Å². The monoisotopic (exact) mass is 404 g/mol. The average molecular weight is 404 g/mol. The summed E-state index contributed by atoms with van der Waals surface area (Å²) in [6, 6.07) is 13.7. The Morgan fingerprint density at radius 2 is 1.82 bits per heavy atom. The van der Waals surface area contributed by atoms with Gasteiger partial charge in [-0.1, -0.05) is 24.3 Å². The van der Waals surface area contributed by atoms with E-state index in [0.29, 0.717) is 17.8 Å². The highest BCUT2D eigenvalue weighted by Crippen LogP contribution is 2.20. The summed E-state index contributed by atoms with van der Waals surface area (Å²) in [6.45, 7) is 2.06. The number of carbonyl (C=O) groups excluding carboxylic acids is 2. The number of anilines is 2. The van der Waals surface area contributed by atoms with Crippen molar-refractivity contribution in [1.82, 2.24) is 0 Å². The third-order valence-corrected chi connectivity index (χ3v) is 5.26. The SMILES string of the molecule is COC(=O)c1ccccc1NC(=O)CCCN(c1cccc(C)c1)S(C)(=O)=O. The van der Waals surface area contributed by atoms with Crippen molar-refractivity contribution in [2.45, 2.75) is 19.8 Å². The molecular formula is C20H24N2O5S. The quantitative estimate of drug-likeness (QED) is 0.683. The van der Waals surface area contributed by atoms with Crippen LogP contribution in [0.3, 0.4) is 0 Å². The van der Waals surface area contributed by atoms with Crippen molar-refractivity contribution in [1.29, 1.82) is 0 Å². The number of sulfonamides is 1. The molecule has 0 aliphatic carbocycles. The lowest BCUT2D eigenvalue weighted by Crippen LogP contribution is -2.31. The van der Waals surface area contributed by atoms with Gasteiger partial charge >= 0.3 is 5.97 Å². The maximum absolute atomic E-state index is 12.3. The number of nitrogens with zero attached hydrogens (tertiary/aromatic N) is 1. The minimum atomic E-state index is -3.47. The number of hydrogen-bond donors (Lipinski definition) is 1. The van der Waals surface area contributed by atoms with E-state index < -0.39 is 16.0 Å². The molecule has 0 bridgehead atoms. The highest BCUT2D eigenvalue weighted by molar-refractivity contribution is 7.92. The molecule has 0 aliphatic heterocycles. The first-order valence-corrected chi connectivity index (χ1v) is 10.6. The molecule has 1 amide bonds. The topological polar surface area (TPSA) is 92.8 Å². The molecule has 0 saturated carbocycles. The van der Waals surface area contributed by atoms with Crippen LogP contribution in [0, 0.1) is 6.92 Å². The second-order valence-corrected chi connectivity index (χ2v) is 8.27. The number of nitrogens with one attached hydrogen (secondary N) is 1. The molecule has 150 valence electrons. The van der Waals surface area contributed by atoms with Crippen LogP contribution < -0.4 is 9.62 Å². The lowest BCUT2D eigenvalue weighted by atomic mass is 10.1. The number of benzene rings is 2. The Balaban J connectivity index is 2.01. The van der Waals surface area contributed by atoms with Crippen LogP contribution in [0.15, 0.2) is 48.5 Å². The third-order valence-electron chi connectivity index (χ3n) is 4.06. The Kier molecular flexibility index (Phi) is 7.17. The lowest BCUT2D eigenvalue weighted by Gasteiger charge is -2.22. The van der Waals surface area contributed by atoms with Gasteiger partial charge in [0.05, 0.1) is 30.3 Å². The van der Waals surface area contributed by atoms with Crippen molar-refractivity contribution in [3.05, 3.63) is 59.7 Å². The summed E-state index contributed by atoms with van der Waals surface area (Å²) >= 11 is 0. The number of rotatable bonds is 8. The molecule has 0 aliphatic rings. The van der Waals surface area contributed by atoms with Gasteiger partial charge in [-0.15, -0.1) is 0 Å². The highest BCUT2D eigenvalue weighted by atomic mass is 32.2. The summed E-state index contributed by atoms with van der Waals surface area (Å²) in [7, 11) is -2.20. The number of hydrogen-bond acceptors (Lipinski definition) is 5. The van der Waals surface area contributed by atoms with Gasteiger partial charge in [-0.3, -0.25) is 9.10 Å². The van der Waals surface area contributed by atoms with Crippen molar-refractivity contribution in [2.75, 3.05) is 29.5 Å². The predicted molar refractivity (Wildman–Crippen MR) is 109 cm³/mol. The fourth-order valence-electron chi connectivity index (χ4n) is 2.75. The summed E-state index contributed by atoms with van der Waals surface area (Å²) in [5.41, 5.74) is 2.14. The zero-order valence-electron chi connectivity index (χ0n) is 16.1. The molecule has 0 heterocycles. The molecule has 1 N–H and O–H groups in total. The van der Waals surface area contributed by atoms with Crippen LogP contribution in [0.1, 0.15) is 28.8 Å². The number of aryl methyl sites for hydroxylation is 1. The van der Waals surface area contributed by atoms with Gasteiger partial charge in [0, 0.05) is 13.0 Å². The fourth-order valence-corrected chi connectivity index (χ4v) is 3.70. The van der Waals surface area contributed by atoms with Gasteiger partial charge in [-0.05, 0) is 43.2 Å². The minimum absolute atomic E-state index is 0.105. The van der Waals surface area contributed by atoms with Crippen LogP contribution in [0.2, 0.25) is 0 Å². The van der Waals surface area contributed by atoms with Gasteiger partial charge in [0.25, 0.3) is 0 Å². The van der Waals surface area contributed by atoms with Gasteiger partial charge in [0.2, 0.25) is 15.9 Å². The second kappa shape index (κ2) is 9.36. The summed E-state index contributed by atoms with van der Waals surface area (Å²) in [6.07, 6.45) is 1.57. The largest absolute Gasteiger partial charge is 0.465 e. The van der Waals surface area contributed by atoms with Crippen LogP contribution in [-0.2, 0) is 19.6 Å². The lowest BCUT2D eigenvalue weighted by molar-refractivity contribution is -0.116. The van der Waals surface area contributed by atoms with E-state index in [-0.39, 0.29) is 24.4 Å². The number of ether oxygens (including phenoxy) is 1. The van der Waals surface area contributed by atoms with E-state index in [1.165, 1.54) is 11.4 Å². The molecule has 28 heavy (non-hydrogen) atoms. The van der Waals surface area contributed by atoms with Crippen LogP contribution in [0.4, 0.5) is 11.4 Å². The van der Waals surface area contributed by atoms with Crippen molar-refractivity contribution < 1.29 is 22.7 Å². The second-order valence-electron chi connectivity index (χ2n) is 6.36. The van der Waals surface area contributed by atoms with Crippen LogP contribution in [0.5, 0.6) is 0 Å². The third kappa shape index (κ3) is 5.82. The van der Waals surface area contributed by atoms with E-state index in [4.69, 9.17) is 4.74 Å². The number of amides is 1. The van der Waals surface area contributed by atoms with Crippen molar-refractivity contribution in [3.8, 4) is 0 Å². The zero-order chi connectivity index (χ0) is 20.7. The summed E-state index contributed by atoms with van der Waals surface area (Å²) in [4.78, 5) is 24.0. The van der Waals surface area contributed by atoms with Crippen LogP contribution in [0.25, 0.3) is 0 Å². The molecule has 0 aromatic heterocycles. The molecule has 0 radical (unpaired) electrons. The number of carbonyl (C=O) groups is 2. The van der Waals surface area contributed by atoms with Crippen molar-refractivity contribution in [2.24, 2.45) is 0 Å². The Labute approximate surface area is 165 Å². The highest BCUT2D eigenvalue weighted by Gasteiger charge is 2.18. The summed E-state index contributed by atoms with van der Waals surface area (Å²) in [5.74, 6) is -0.854. The maximum atomic E-state index is 12.3. The fraction of sp³-hybridized carbons (Fsp3) is 0.300. The molecule has 0 spiro atoms. The molecule has 0 atom stereocenters. The number of esters is 1. The van der Waals surface area contributed by atoms with Gasteiger partial charge < -0.3 is 10.1 Å². The standard InChI is InChI=1S/C20H24N2O5S/c1-15-8-6-9-16(14-15)22(28(3,25)26)13-7-12-19(23)21-18-11-5-4-10-17(18)20(24)27-2/h4-6,8-11,14H,7,12-13H2,1-3H3,(H,21,23). The zero-order valence-corrected chi connectivity index (χ0v) is 17.0. The van der Waals surface area contributed by atoms with Crippen molar-refractivity contribution >= 4 is 33.3 Å². The molecular weight excluding hydrogens is 380 g/mol. The Morgan fingerprint density at radius 3 is 2.46 bits per heavy atom. The van der Waals surface area contributed by atoms with E-state index in [9.17, 15) is 18.0 Å². The van der Waals surface area contributed by atoms with E-state index in [1.54, 1.807) is 42.5 Å². The Hall–Kier alpha value is -2.87. The molecule has 2 aromatic carbocycles.